The number of piperidine rings is 1. The number of hydrogen-bond acceptors (Lipinski definition) is 10. The lowest BCUT2D eigenvalue weighted by atomic mass is 9.85. The second kappa shape index (κ2) is 10.6. The van der Waals surface area contributed by atoms with Crippen molar-refractivity contribution in [3.05, 3.63) is 22.2 Å². The van der Waals surface area contributed by atoms with Crippen LogP contribution in [0.15, 0.2) is 16.8 Å². The van der Waals surface area contributed by atoms with Crippen molar-refractivity contribution in [3.8, 4) is 0 Å². The maximum atomic E-state index is 12.9. The molecule has 2 heterocycles. The van der Waals surface area contributed by atoms with E-state index < -0.39 is 22.8 Å². The molecule has 34 heavy (non-hydrogen) atoms. The quantitative estimate of drug-likeness (QED) is 0.199. The molecule has 0 radical (unpaired) electrons. The highest BCUT2D eigenvalue weighted by atomic mass is 16.6. The summed E-state index contributed by atoms with van der Waals surface area (Å²) in [4.78, 5) is 50.3. The van der Waals surface area contributed by atoms with Crippen LogP contribution in [0.2, 0.25) is 0 Å². The van der Waals surface area contributed by atoms with Crippen molar-refractivity contribution in [1.29, 1.82) is 0 Å². The molecule has 2 aliphatic rings. The molecule has 1 aliphatic carbocycles. The Bertz CT molecular complexity index is 1080. The molecule has 1 aromatic heterocycles. The average Bonchev–Trinajstić information content (AvgIpc) is 3.36. The Morgan fingerprint density at radius 2 is 1.82 bits per heavy atom. The van der Waals surface area contributed by atoms with Crippen molar-refractivity contribution in [3.63, 3.8) is 0 Å². The number of nitro benzene ring substituents is 1. The lowest BCUT2D eigenvalue weighted by Gasteiger charge is -2.34. The molecule has 0 bridgehead atoms. The van der Waals surface area contributed by atoms with Crippen LogP contribution in [0.3, 0.4) is 0 Å². The number of anilines is 1. The van der Waals surface area contributed by atoms with Gasteiger partial charge in [0.2, 0.25) is 11.3 Å². The molecule has 0 spiro atoms. The molecule has 2 aromatic rings. The van der Waals surface area contributed by atoms with Gasteiger partial charge < -0.3 is 15.0 Å². The van der Waals surface area contributed by atoms with Crippen LogP contribution in [0.5, 0.6) is 0 Å². The zero-order chi connectivity index (χ0) is 24.1. The maximum Gasteiger partial charge on any atom is 0.328 e. The first-order valence-electron chi connectivity index (χ1n) is 11.6. The van der Waals surface area contributed by atoms with Gasteiger partial charge in [-0.3, -0.25) is 19.7 Å². The molecule has 1 atom stereocenters. The fourth-order valence-electron chi connectivity index (χ4n) is 4.68. The number of fused-ring (bicyclic) bond motifs is 1. The van der Waals surface area contributed by atoms with Crippen molar-refractivity contribution in [2.45, 2.75) is 57.4 Å². The van der Waals surface area contributed by atoms with E-state index in [1.54, 1.807) is 0 Å². The van der Waals surface area contributed by atoms with E-state index >= 15 is 0 Å². The minimum atomic E-state index is -0.764. The van der Waals surface area contributed by atoms with Crippen LogP contribution in [0.25, 0.3) is 11.0 Å². The molecular formula is C22H27N5O7. The number of carbonyl (C=O) groups excluding carboxylic acids is 3. The number of ketones is 1. The Labute approximate surface area is 195 Å². The molecule has 12 heteroatoms. The number of aromatic nitrogens is 2. The standard InChI is InChI=1S/C22H27N5O7/c28-20(14-6-2-1-3-7-14)21(29)26-12-5-4-8-17(26)22(30)33-13-11-23-15-9-10-16(27(31)32)19-18(15)24-34-25-19/h9-10,14,17,23H,1-8,11-13H2. The van der Waals surface area contributed by atoms with E-state index in [1.165, 1.54) is 17.0 Å². The second-order valence-corrected chi connectivity index (χ2v) is 8.65. The molecule has 1 N–H and O–H groups in total. The van der Waals surface area contributed by atoms with E-state index in [9.17, 15) is 24.5 Å². The summed E-state index contributed by atoms with van der Waals surface area (Å²) in [5, 5.41) is 21.4. The summed E-state index contributed by atoms with van der Waals surface area (Å²) in [6.07, 6.45) is 6.44. The number of benzene rings is 1. The van der Waals surface area contributed by atoms with Crippen LogP contribution in [-0.2, 0) is 19.1 Å². The normalized spacial score (nSPS) is 19.1. The molecule has 1 unspecified atom stereocenters. The van der Waals surface area contributed by atoms with Gasteiger partial charge in [0.15, 0.2) is 5.52 Å². The number of Topliss-reactive ketones (excluding diaryl/α,β-unsaturated/α-hetero) is 1. The minimum Gasteiger partial charge on any atom is -0.462 e. The molecule has 1 aliphatic heterocycles. The third kappa shape index (κ3) is 5.00. The number of carbonyl (C=O) groups is 3. The zero-order valence-electron chi connectivity index (χ0n) is 18.7. The van der Waals surface area contributed by atoms with Crippen LogP contribution in [0.1, 0.15) is 51.4 Å². The largest absolute Gasteiger partial charge is 0.462 e. The minimum absolute atomic E-state index is 0.00229. The van der Waals surface area contributed by atoms with E-state index in [1.807, 2.05) is 0 Å². The Hall–Kier alpha value is -3.57. The van der Waals surface area contributed by atoms with E-state index in [-0.39, 0.29) is 41.6 Å². The SMILES string of the molecule is O=C(C(=O)N1CCCCC1C(=O)OCCNc1ccc([N+](=O)[O-])c2nonc12)C1CCCCC1. The van der Waals surface area contributed by atoms with Gasteiger partial charge in [0, 0.05) is 25.1 Å². The van der Waals surface area contributed by atoms with Gasteiger partial charge in [-0.2, -0.15) is 0 Å². The predicted octanol–water partition coefficient (Wildman–Crippen LogP) is 2.62. The van der Waals surface area contributed by atoms with E-state index in [2.05, 4.69) is 20.3 Å². The Kier molecular flexibility index (Phi) is 7.33. The molecular weight excluding hydrogens is 446 g/mol. The first kappa shape index (κ1) is 23.6. The number of nitro groups is 1. The number of esters is 1. The lowest BCUT2D eigenvalue weighted by Crippen LogP contribution is -2.52. The molecule has 182 valence electrons. The van der Waals surface area contributed by atoms with Gasteiger partial charge in [-0.25, -0.2) is 9.42 Å². The van der Waals surface area contributed by atoms with Crippen LogP contribution < -0.4 is 5.32 Å². The Morgan fingerprint density at radius 1 is 1.09 bits per heavy atom. The monoisotopic (exact) mass is 473 g/mol. The highest BCUT2D eigenvalue weighted by molar-refractivity contribution is 6.37. The molecule has 2 fully saturated rings. The number of ether oxygens (including phenoxy) is 1. The van der Waals surface area contributed by atoms with Crippen molar-refractivity contribution < 1.29 is 28.7 Å². The second-order valence-electron chi connectivity index (χ2n) is 8.65. The number of nitrogens with one attached hydrogen (secondary N) is 1. The lowest BCUT2D eigenvalue weighted by molar-refractivity contribution is -0.383. The van der Waals surface area contributed by atoms with Gasteiger partial charge in [0.25, 0.3) is 5.91 Å². The summed E-state index contributed by atoms with van der Waals surface area (Å²) in [5.74, 6) is -1.74. The highest BCUT2D eigenvalue weighted by Crippen LogP contribution is 2.29. The van der Waals surface area contributed by atoms with Crippen molar-refractivity contribution in [1.82, 2.24) is 15.2 Å². The number of hydrogen-bond donors (Lipinski definition) is 1. The first-order chi connectivity index (χ1) is 16.5. The fraction of sp³-hybridized carbons (Fsp3) is 0.591. The summed E-state index contributed by atoms with van der Waals surface area (Å²) in [5.41, 5.74) is 0.445. The molecule has 1 amide bonds. The van der Waals surface area contributed by atoms with Crippen molar-refractivity contribution >= 4 is 40.1 Å². The third-order valence-electron chi connectivity index (χ3n) is 6.48. The fourth-order valence-corrected chi connectivity index (χ4v) is 4.68. The van der Waals surface area contributed by atoms with Crippen LogP contribution in [0.4, 0.5) is 11.4 Å². The highest BCUT2D eigenvalue weighted by Gasteiger charge is 2.38. The van der Waals surface area contributed by atoms with Crippen LogP contribution in [0, 0.1) is 16.0 Å². The summed E-state index contributed by atoms with van der Waals surface area (Å²) < 4.78 is 10.0. The van der Waals surface area contributed by atoms with Gasteiger partial charge in [0.05, 0.1) is 10.6 Å². The predicted molar refractivity (Wildman–Crippen MR) is 119 cm³/mol. The third-order valence-corrected chi connectivity index (χ3v) is 6.48. The van der Waals surface area contributed by atoms with Gasteiger partial charge >= 0.3 is 11.7 Å². The Balaban J connectivity index is 1.32. The molecule has 1 saturated heterocycles. The maximum absolute atomic E-state index is 12.9. The van der Waals surface area contributed by atoms with Gasteiger partial charge in [-0.15, -0.1) is 0 Å². The van der Waals surface area contributed by atoms with Crippen LogP contribution >= 0.6 is 0 Å². The van der Waals surface area contributed by atoms with Crippen molar-refractivity contribution in [2.75, 3.05) is 25.0 Å². The number of rotatable bonds is 8. The summed E-state index contributed by atoms with van der Waals surface area (Å²) in [7, 11) is 0. The number of amides is 1. The number of nitrogens with zero attached hydrogens (tertiary/aromatic N) is 4. The molecule has 4 rings (SSSR count). The van der Waals surface area contributed by atoms with Crippen molar-refractivity contribution in [2.24, 2.45) is 5.92 Å². The molecule has 12 nitrogen and oxygen atoms in total. The van der Waals surface area contributed by atoms with Gasteiger partial charge in [-0.1, -0.05) is 19.3 Å². The summed E-state index contributed by atoms with van der Waals surface area (Å²) in [6.45, 7) is 0.570. The summed E-state index contributed by atoms with van der Waals surface area (Å²) >= 11 is 0. The van der Waals surface area contributed by atoms with Crippen LogP contribution in [-0.4, -0.2) is 63.5 Å². The Morgan fingerprint density at radius 3 is 2.59 bits per heavy atom. The number of non-ortho nitro benzene ring substituents is 1. The first-order valence-corrected chi connectivity index (χ1v) is 11.6. The van der Waals surface area contributed by atoms with Gasteiger partial charge in [-0.05, 0) is 48.5 Å². The van der Waals surface area contributed by atoms with E-state index in [0.717, 1.165) is 44.9 Å². The van der Waals surface area contributed by atoms with E-state index in [0.29, 0.717) is 18.7 Å². The number of likely N-dealkylation sites (tertiary alicyclic amines) is 1. The topological polar surface area (TPSA) is 158 Å². The summed E-state index contributed by atoms with van der Waals surface area (Å²) in [6, 6.07) is 2.00. The average molecular weight is 473 g/mol. The smallest absolute Gasteiger partial charge is 0.328 e. The zero-order valence-corrected chi connectivity index (χ0v) is 18.7. The molecule has 1 aromatic carbocycles. The molecule has 1 saturated carbocycles. The van der Waals surface area contributed by atoms with Gasteiger partial charge in [0.1, 0.15) is 12.6 Å². The van der Waals surface area contributed by atoms with E-state index in [4.69, 9.17) is 4.74 Å².